The second kappa shape index (κ2) is 4.70. The molecule has 0 fully saturated rings. The van der Waals surface area contributed by atoms with E-state index in [1.165, 1.54) is 0 Å². The number of hydrogen-bond acceptors (Lipinski definition) is 3. The summed E-state index contributed by atoms with van der Waals surface area (Å²) in [7, 11) is 1.63. The molecule has 0 aliphatic rings. The fourth-order valence-electron chi connectivity index (χ4n) is 2.36. The Morgan fingerprint density at radius 2 is 2.21 bits per heavy atom. The van der Waals surface area contributed by atoms with Crippen LogP contribution >= 0.6 is 0 Å². The van der Waals surface area contributed by atoms with E-state index in [1.807, 2.05) is 39.6 Å². The van der Waals surface area contributed by atoms with Gasteiger partial charge in [-0.05, 0) is 6.07 Å². The third kappa shape index (κ3) is 1.75. The molecule has 0 saturated heterocycles. The zero-order valence-corrected chi connectivity index (χ0v) is 10.5. The number of ether oxygens (including phenoxy) is 1. The van der Waals surface area contributed by atoms with Gasteiger partial charge in [-0.3, -0.25) is 9.36 Å². The van der Waals surface area contributed by atoms with Crippen molar-refractivity contribution in [3.8, 4) is 5.82 Å². The molecule has 2 heterocycles. The van der Waals surface area contributed by atoms with Crippen LogP contribution in [0.5, 0.6) is 0 Å². The summed E-state index contributed by atoms with van der Waals surface area (Å²) in [6.07, 6.45) is 6.05. The van der Waals surface area contributed by atoms with E-state index in [1.54, 1.807) is 19.6 Å². The van der Waals surface area contributed by atoms with E-state index in [0.29, 0.717) is 12.3 Å². The van der Waals surface area contributed by atoms with E-state index < -0.39 is 0 Å². The molecule has 0 aliphatic carbocycles. The molecule has 0 radical (unpaired) electrons. The van der Waals surface area contributed by atoms with Crippen LogP contribution in [-0.4, -0.2) is 27.5 Å². The molecular weight excluding hydrogens is 242 g/mol. The SMILES string of the molecule is COCn1c(-n2ccnc2)c(C=O)c2ccccc21. The van der Waals surface area contributed by atoms with Crippen LogP contribution in [0.15, 0.2) is 43.0 Å². The van der Waals surface area contributed by atoms with Gasteiger partial charge < -0.3 is 9.30 Å². The molecule has 1 aromatic carbocycles. The normalized spacial score (nSPS) is 11.0. The van der Waals surface area contributed by atoms with Gasteiger partial charge >= 0.3 is 0 Å². The first-order valence-corrected chi connectivity index (χ1v) is 5.90. The number of nitrogens with zero attached hydrogens (tertiary/aromatic N) is 3. The Bertz CT molecular complexity index is 714. The van der Waals surface area contributed by atoms with Gasteiger partial charge in [0.1, 0.15) is 18.9 Å². The largest absolute Gasteiger partial charge is 0.364 e. The van der Waals surface area contributed by atoms with Gasteiger partial charge in [-0.25, -0.2) is 4.98 Å². The Morgan fingerprint density at radius 1 is 1.37 bits per heavy atom. The van der Waals surface area contributed by atoms with Crippen LogP contribution in [0, 0.1) is 0 Å². The van der Waals surface area contributed by atoms with Gasteiger partial charge in [0.2, 0.25) is 0 Å². The first-order chi connectivity index (χ1) is 9.36. The summed E-state index contributed by atoms with van der Waals surface area (Å²) in [4.78, 5) is 15.5. The molecule has 0 aliphatic heterocycles. The minimum atomic E-state index is 0.377. The maximum absolute atomic E-state index is 11.5. The number of aromatic nitrogens is 3. The summed E-state index contributed by atoms with van der Waals surface area (Å²) < 4.78 is 9.03. The van der Waals surface area contributed by atoms with Gasteiger partial charge in [0.25, 0.3) is 0 Å². The molecule has 0 spiro atoms. The van der Waals surface area contributed by atoms with E-state index in [4.69, 9.17) is 4.74 Å². The molecule has 0 bridgehead atoms. The minimum Gasteiger partial charge on any atom is -0.364 e. The van der Waals surface area contributed by atoms with Crippen molar-refractivity contribution in [2.24, 2.45) is 0 Å². The maximum Gasteiger partial charge on any atom is 0.154 e. The molecular formula is C14H13N3O2. The van der Waals surface area contributed by atoms with Gasteiger partial charge in [0, 0.05) is 24.9 Å². The summed E-state index contributed by atoms with van der Waals surface area (Å²) in [6, 6.07) is 7.78. The first-order valence-electron chi connectivity index (χ1n) is 5.90. The molecule has 0 amide bonds. The van der Waals surface area contributed by atoms with Crippen LogP contribution < -0.4 is 0 Å². The lowest BCUT2D eigenvalue weighted by molar-refractivity contribution is 0.112. The molecule has 0 N–H and O–H groups in total. The lowest BCUT2D eigenvalue weighted by Gasteiger charge is -2.10. The molecule has 0 unspecified atom stereocenters. The quantitative estimate of drug-likeness (QED) is 0.672. The number of benzene rings is 1. The average molecular weight is 255 g/mol. The molecule has 3 rings (SSSR count). The highest BCUT2D eigenvalue weighted by Crippen LogP contribution is 2.27. The van der Waals surface area contributed by atoms with Crippen LogP contribution in [0.1, 0.15) is 10.4 Å². The van der Waals surface area contributed by atoms with Crippen molar-refractivity contribution in [3.63, 3.8) is 0 Å². The Balaban J connectivity index is 2.40. The number of hydrogen-bond donors (Lipinski definition) is 0. The van der Waals surface area contributed by atoms with Crippen molar-refractivity contribution in [3.05, 3.63) is 48.5 Å². The van der Waals surface area contributed by atoms with E-state index >= 15 is 0 Å². The van der Waals surface area contributed by atoms with Crippen LogP contribution in [0.4, 0.5) is 0 Å². The highest BCUT2D eigenvalue weighted by molar-refractivity contribution is 6.01. The molecule has 0 atom stereocenters. The molecule has 5 nitrogen and oxygen atoms in total. The standard InChI is InChI=1S/C14H13N3O2/c1-19-10-17-13-5-3-2-4-11(13)12(8-18)14(17)16-7-6-15-9-16/h2-9H,10H2,1H3. The number of imidazole rings is 1. The van der Waals surface area contributed by atoms with Crippen molar-refractivity contribution < 1.29 is 9.53 Å². The predicted octanol–water partition coefficient (Wildman–Crippen LogP) is 2.24. The fourth-order valence-corrected chi connectivity index (χ4v) is 2.36. The third-order valence-corrected chi connectivity index (χ3v) is 3.11. The van der Waals surface area contributed by atoms with Crippen molar-refractivity contribution >= 4 is 17.2 Å². The van der Waals surface area contributed by atoms with E-state index in [2.05, 4.69) is 4.98 Å². The number of rotatable bonds is 4. The van der Waals surface area contributed by atoms with Crippen molar-refractivity contribution in [1.29, 1.82) is 0 Å². The van der Waals surface area contributed by atoms with Gasteiger partial charge in [-0.15, -0.1) is 0 Å². The first kappa shape index (κ1) is 11.7. The van der Waals surface area contributed by atoms with Gasteiger partial charge in [-0.1, -0.05) is 18.2 Å². The number of carbonyl (C=O) groups excluding carboxylic acids is 1. The Morgan fingerprint density at radius 3 is 2.89 bits per heavy atom. The van der Waals surface area contributed by atoms with E-state index in [-0.39, 0.29) is 0 Å². The molecule has 0 saturated carbocycles. The van der Waals surface area contributed by atoms with Crippen molar-refractivity contribution in [2.75, 3.05) is 7.11 Å². The van der Waals surface area contributed by atoms with Crippen LogP contribution in [0.3, 0.4) is 0 Å². The molecule has 3 aromatic rings. The zero-order chi connectivity index (χ0) is 13.2. The highest BCUT2D eigenvalue weighted by atomic mass is 16.5. The van der Waals surface area contributed by atoms with E-state index in [9.17, 15) is 4.79 Å². The fraction of sp³-hybridized carbons (Fsp3) is 0.143. The maximum atomic E-state index is 11.5. The second-order valence-electron chi connectivity index (χ2n) is 4.19. The summed E-state index contributed by atoms with van der Waals surface area (Å²) in [5.41, 5.74) is 1.61. The Labute approximate surface area is 110 Å². The zero-order valence-electron chi connectivity index (χ0n) is 10.5. The van der Waals surface area contributed by atoms with Crippen molar-refractivity contribution in [1.82, 2.24) is 14.1 Å². The Hall–Kier alpha value is -2.40. The van der Waals surface area contributed by atoms with Gasteiger partial charge in [0.15, 0.2) is 6.29 Å². The number of carbonyl (C=O) groups is 1. The van der Waals surface area contributed by atoms with Gasteiger partial charge in [-0.2, -0.15) is 0 Å². The smallest absolute Gasteiger partial charge is 0.154 e. The molecule has 5 heteroatoms. The summed E-state index contributed by atoms with van der Waals surface area (Å²) in [6.45, 7) is 0.377. The topological polar surface area (TPSA) is 49.0 Å². The second-order valence-corrected chi connectivity index (χ2v) is 4.19. The highest BCUT2D eigenvalue weighted by Gasteiger charge is 2.17. The average Bonchev–Trinajstić information content (AvgIpc) is 3.05. The lowest BCUT2D eigenvalue weighted by Crippen LogP contribution is -2.07. The molecule has 2 aromatic heterocycles. The molecule has 19 heavy (non-hydrogen) atoms. The van der Waals surface area contributed by atoms with Crippen molar-refractivity contribution in [2.45, 2.75) is 6.73 Å². The number of aldehydes is 1. The van der Waals surface area contributed by atoms with E-state index in [0.717, 1.165) is 23.0 Å². The summed E-state index contributed by atoms with van der Waals surface area (Å²) >= 11 is 0. The number of methoxy groups -OCH3 is 1. The number of fused-ring (bicyclic) bond motifs is 1. The van der Waals surface area contributed by atoms with Gasteiger partial charge in [0.05, 0.1) is 11.1 Å². The van der Waals surface area contributed by atoms with Crippen LogP contribution in [0.2, 0.25) is 0 Å². The summed E-state index contributed by atoms with van der Waals surface area (Å²) in [5.74, 6) is 0.774. The van der Waals surface area contributed by atoms with Crippen LogP contribution in [-0.2, 0) is 11.5 Å². The summed E-state index contributed by atoms with van der Waals surface area (Å²) in [5, 5.41) is 0.915. The predicted molar refractivity (Wildman–Crippen MR) is 71.5 cm³/mol. The van der Waals surface area contributed by atoms with Crippen LogP contribution in [0.25, 0.3) is 16.7 Å². The Kier molecular flexibility index (Phi) is 2.89. The third-order valence-electron chi connectivity index (χ3n) is 3.11. The lowest BCUT2D eigenvalue weighted by atomic mass is 10.2. The monoisotopic (exact) mass is 255 g/mol. The number of para-hydroxylation sites is 1. The molecule has 96 valence electrons. The minimum absolute atomic E-state index is 0.377.